The summed E-state index contributed by atoms with van der Waals surface area (Å²) < 4.78 is 33.9. The van der Waals surface area contributed by atoms with E-state index in [0.29, 0.717) is 28.3 Å². The van der Waals surface area contributed by atoms with Crippen LogP contribution in [0.4, 0.5) is 20.2 Å². The summed E-state index contributed by atoms with van der Waals surface area (Å²) in [5, 5.41) is 0. The molecule has 5 nitrogen and oxygen atoms in total. The summed E-state index contributed by atoms with van der Waals surface area (Å²) in [4.78, 5) is 13.2. The van der Waals surface area contributed by atoms with Gasteiger partial charge in [-0.2, -0.15) is 0 Å². The van der Waals surface area contributed by atoms with E-state index in [0.717, 1.165) is 11.8 Å². The first-order chi connectivity index (χ1) is 12.6. The number of alkyl halides is 3. The fraction of sp³-hybridized carbons (Fsp3) is 0.235. The third-order valence-electron chi connectivity index (χ3n) is 3.80. The van der Waals surface area contributed by atoms with Crippen LogP contribution in [0.25, 0.3) is 0 Å². The first kappa shape index (κ1) is 21.8. The Balaban J connectivity index is 2.37. The second kappa shape index (κ2) is 8.68. The Morgan fingerprint density at radius 1 is 1.07 bits per heavy atom. The number of nitrogen functional groups attached to an aromatic ring is 2. The number of halogens is 3. The Kier molecular flexibility index (Phi) is 7.01. The summed E-state index contributed by atoms with van der Waals surface area (Å²) in [7, 11) is 0. The van der Waals surface area contributed by atoms with E-state index in [9.17, 15) is 4.79 Å². The SMILES string of the molecule is CSC(Br)C(F)(F)C(N)(C(=O)OSc1ccc(N)cc1)c1ccc(N)cc1. The Hall–Kier alpha value is -1.49. The van der Waals surface area contributed by atoms with Crippen LogP contribution in [0.1, 0.15) is 5.56 Å². The van der Waals surface area contributed by atoms with Gasteiger partial charge < -0.3 is 21.4 Å². The fourth-order valence-electron chi connectivity index (χ4n) is 2.19. The van der Waals surface area contributed by atoms with Crippen LogP contribution in [0.3, 0.4) is 0 Å². The quantitative estimate of drug-likeness (QED) is 0.314. The average molecular weight is 478 g/mol. The molecule has 0 radical (unpaired) electrons. The van der Waals surface area contributed by atoms with E-state index in [-0.39, 0.29) is 5.56 Å². The minimum Gasteiger partial charge on any atom is -0.399 e. The zero-order valence-corrected chi connectivity index (χ0v) is 17.4. The van der Waals surface area contributed by atoms with Crippen LogP contribution in [0.5, 0.6) is 0 Å². The van der Waals surface area contributed by atoms with Gasteiger partial charge in [0.15, 0.2) is 0 Å². The van der Waals surface area contributed by atoms with Crippen molar-refractivity contribution in [3.05, 3.63) is 54.1 Å². The highest BCUT2D eigenvalue weighted by Crippen LogP contribution is 2.46. The Morgan fingerprint density at radius 3 is 2.04 bits per heavy atom. The van der Waals surface area contributed by atoms with Crippen molar-refractivity contribution in [3.63, 3.8) is 0 Å². The molecule has 0 spiro atoms. The second-order valence-corrected chi connectivity index (χ2v) is 8.90. The number of nitrogens with two attached hydrogens (primary N) is 3. The predicted octanol–water partition coefficient (Wildman–Crippen LogP) is 3.97. The van der Waals surface area contributed by atoms with Crippen LogP contribution in [-0.4, -0.2) is 22.3 Å². The molecule has 2 aromatic carbocycles. The van der Waals surface area contributed by atoms with Gasteiger partial charge in [-0.1, -0.05) is 28.1 Å². The van der Waals surface area contributed by atoms with Gasteiger partial charge in [0, 0.05) is 16.3 Å². The number of hydrogen-bond donors (Lipinski definition) is 3. The molecule has 2 aromatic rings. The van der Waals surface area contributed by atoms with E-state index >= 15 is 8.78 Å². The van der Waals surface area contributed by atoms with Crippen LogP contribution in [0.15, 0.2) is 53.4 Å². The van der Waals surface area contributed by atoms with Gasteiger partial charge in [0.2, 0.25) is 5.54 Å². The van der Waals surface area contributed by atoms with Gasteiger partial charge in [0.25, 0.3) is 0 Å². The van der Waals surface area contributed by atoms with Crippen molar-refractivity contribution in [2.75, 3.05) is 17.7 Å². The molecular weight excluding hydrogens is 460 g/mol. The van der Waals surface area contributed by atoms with Gasteiger partial charge in [-0.3, -0.25) is 0 Å². The Labute approximate surface area is 172 Å². The molecule has 2 rings (SSSR count). The van der Waals surface area contributed by atoms with Crippen LogP contribution in [0.2, 0.25) is 0 Å². The van der Waals surface area contributed by atoms with Gasteiger partial charge in [0.05, 0.1) is 12.0 Å². The molecule has 2 unspecified atom stereocenters. The molecule has 0 heterocycles. The topological polar surface area (TPSA) is 104 Å². The number of hydrogen-bond acceptors (Lipinski definition) is 7. The summed E-state index contributed by atoms with van der Waals surface area (Å²) in [5.41, 5.74) is 15.3. The average Bonchev–Trinajstić information content (AvgIpc) is 2.66. The van der Waals surface area contributed by atoms with Crippen molar-refractivity contribution in [2.45, 2.75) is 20.5 Å². The number of thioether (sulfide) groups is 1. The van der Waals surface area contributed by atoms with E-state index in [2.05, 4.69) is 15.9 Å². The molecular formula is C17H18BrF2N3O2S2. The number of carbonyl (C=O) groups excluding carboxylic acids is 1. The highest BCUT2D eigenvalue weighted by atomic mass is 79.9. The van der Waals surface area contributed by atoms with Gasteiger partial charge in [-0.15, -0.1) is 11.8 Å². The summed E-state index contributed by atoms with van der Waals surface area (Å²) in [6, 6.07) is 11.8. The maximum absolute atomic E-state index is 15.1. The van der Waals surface area contributed by atoms with Crippen molar-refractivity contribution in [3.8, 4) is 0 Å². The number of benzene rings is 2. The molecule has 27 heavy (non-hydrogen) atoms. The molecule has 6 N–H and O–H groups in total. The molecule has 0 aromatic heterocycles. The highest BCUT2D eigenvalue weighted by Gasteiger charge is 2.62. The summed E-state index contributed by atoms with van der Waals surface area (Å²) in [5.74, 6) is -4.95. The summed E-state index contributed by atoms with van der Waals surface area (Å²) in [6.07, 6.45) is 1.48. The van der Waals surface area contributed by atoms with E-state index < -0.39 is 21.6 Å². The lowest BCUT2D eigenvalue weighted by Crippen LogP contribution is -2.61. The largest absolute Gasteiger partial charge is 0.399 e. The predicted molar refractivity (Wildman–Crippen MR) is 111 cm³/mol. The first-order valence-corrected chi connectivity index (χ1v) is 10.5. The smallest absolute Gasteiger partial charge is 0.349 e. The first-order valence-electron chi connectivity index (χ1n) is 7.57. The molecule has 2 atom stereocenters. The zero-order chi connectivity index (χ0) is 20.2. The number of rotatable bonds is 7. The molecule has 0 saturated heterocycles. The normalized spacial score (nSPS) is 15.0. The van der Waals surface area contributed by atoms with Crippen molar-refractivity contribution >= 4 is 57.1 Å². The monoisotopic (exact) mass is 477 g/mol. The molecule has 0 saturated carbocycles. The minimum absolute atomic E-state index is 0.108. The van der Waals surface area contributed by atoms with Gasteiger partial charge in [0.1, 0.15) is 4.16 Å². The van der Waals surface area contributed by atoms with Crippen LogP contribution in [0, 0.1) is 0 Å². The lowest BCUT2D eigenvalue weighted by atomic mass is 9.85. The van der Waals surface area contributed by atoms with Gasteiger partial charge in [-0.25, -0.2) is 13.6 Å². The lowest BCUT2D eigenvalue weighted by molar-refractivity contribution is -0.156. The molecule has 0 bridgehead atoms. The Morgan fingerprint density at radius 2 is 1.56 bits per heavy atom. The van der Waals surface area contributed by atoms with Crippen molar-refractivity contribution in [1.29, 1.82) is 0 Å². The number of carbonyl (C=O) groups is 1. The molecule has 0 amide bonds. The Bertz CT molecular complexity index is 794. The highest BCUT2D eigenvalue weighted by molar-refractivity contribution is 9.11. The van der Waals surface area contributed by atoms with Gasteiger partial charge >= 0.3 is 11.9 Å². The van der Waals surface area contributed by atoms with Crippen LogP contribution < -0.4 is 17.2 Å². The summed E-state index contributed by atoms with van der Waals surface area (Å²) >= 11 is 4.35. The van der Waals surface area contributed by atoms with E-state index in [1.54, 1.807) is 24.3 Å². The van der Waals surface area contributed by atoms with E-state index in [1.165, 1.54) is 30.5 Å². The third kappa shape index (κ3) is 4.50. The van der Waals surface area contributed by atoms with Crippen LogP contribution in [-0.2, 0) is 14.5 Å². The van der Waals surface area contributed by atoms with Gasteiger partial charge in [-0.05, 0) is 48.2 Å². The van der Waals surface area contributed by atoms with E-state index in [1.807, 2.05) is 0 Å². The molecule has 0 aliphatic carbocycles. The molecule has 0 fully saturated rings. The third-order valence-corrected chi connectivity index (χ3v) is 6.91. The number of anilines is 2. The maximum Gasteiger partial charge on any atom is 0.349 e. The molecule has 0 aliphatic heterocycles. The standard InChI is InChI=1S/C17H18BrF2N3O2S2/c1-26-14(18)17(19,20)16(23,10-2-4-11(21)5-3-10)15(24)25-27-13-8-6-12(22)7-9-13/h2-9,14H,21-23H2,1H3. The van der Waals surface area contributed by atoms with Crippen molar-refractivity contribution < 1.29 is 17.8 Å². The molecule has 146 valence electrons. The maximum atomic E-state index is 15.1. The fourth-order valence-corrected chi connectivity index (χ4v) is 3.59. The molecule has 0 aliphatic rings. The zero-order valence-electron chi connectivity index (χ0n) is 14.2. The summed E-state index contributed by atoms with van der Waals surface area (Å²) in [6.45, 7) is 0. The second-order valence-electron chi connectivity index (χ2n) is 5.63. The van der Waals surface area contributed by atoms with Crippen molar-refractivity contribution in [2.24, 2.45) is 5.73 Å². The lowest BCUT2D eigenvalue weighted by Gasteiger charge is -2.37. The van der Waals surface area contributed by atoms with Crippen LogP contribution >= 0.6 is 39.7 Å². The van der Waals surface area contributed by atoms with Crippen molar-refractivity contribution in [1.82, 2.24) is 0 Å². The molecule has 10 heteroatoms. The van der Waals surface area contributed by atoms with E-state index in [4.69, 9.17) is 21.4 Å². The minimum atomic E-state index is -3.67.